The number of anilines is 1. The average Bonchev–Trinajstić information content (AvgIpc) is 2.51. The highest BCUT2D eigenvalue weighted by molar-refractivity contribution is 6.39. The van der Waals surface area contributed by atoms with Crippen LogP contribution in [-0.2, 0) is 9.59 Å². The number of nitrogens with one attached hydrogen (secondary N) is 2. The molecule has 0 aliphatic rings. The summed E-state index contributed by atoms with van der Waals surface area (Å²) in [6.45, 7) is 1.83. The maximum Gasteiger partial charge on any atom is 0.329 e. The van der Waals surface area contributed by atoms with Crippen LogP contribution in [0.1, 0.15) is 11.1 Å². The topological polar surface area (TPSA) is 90.8 Å². The number of rotatable bonds is 3. The van der Waals surface area contributed by atoms with Gasteiger partial charge in [-0.1, -0.05) is 18.2 Å². The van der Waals surface area contributed by atoms with Crippen molar-refractivity contribution < 1.29 is 14.7 Å². The zero-order valence-corrected chi connectivity index (χ0v) is 11.9. The predicted octanol–water partition coefficient (Wildman–Crippen LogP) is 1.79. The zero-order valence-electron chi connectivity index (χ0n) is 11.9. The van der Waals surface area contributed by atoms with Crippen molar-refractivity contribution >= 4 is 23.7 Å². The largest absolute Gasteiger partial charge is 0.508 e. The zero-order chi connectivity index (χ0) is 15.9. The van der Waals surface area contributed by atoms with Gasteiger partial charge in [0.25, 0.3) is 0 Å². The fourth-order valence-electron chi connectivity index (χ4n) is 1.67. The fourth-order valence-corrected chi connectivity index (χ4v) is 1.67. The summed E-state index contributed by atoms with van der Waals surface area (Å²) >= 11 is 0. The first-order valence-corrected chi connectivity index (χ1v) is 6.55. The van der Waals surface area contributed by atoms with Crippen molar-refractivity contribution in [3.05, 3.63) is 59.7 Å². The maximum atomic E-state index is 11.7. The third-order valence-electron chi connectivity index (χ3n) is 2.87. The number of para-hydroxylation sites is 1. The lowest BCUT2D eigenvalue weighted by Gasteiger charge is -2.06. The first-order valence-electron chi connectivity index (χ1n) is 6.55. The summed E-state index contributed by atoms with van der Waals surface area (Å²) in [5.41, 5.74) is 4.25. The smallest absolute Gasteiger partial charge is 0.329 e. The molecule has 6 nitrogen and oxygen atoms in total. The Balaban J connectivity index is 1.90. The highest BCUT2D eigenvalue weighted by Gasteiger charge is 2.13. The Labute approximate surface area is 127 Å². The van der Waals surface area contributed by atoms with Crippen molar-refractivity contribution in [2.75, 3.05) is 5.32 Å². The van der Waals surface area contributed by atoms with Gasteiger partial charge in [-0.05, 0) is 48.4 Å². The van der Waals surface area contributed by atoms with Gasteiger partial charge in [0.2, 0.25) is 0 Å². The molecule has 112 valence electrons. The minimum absolute atomic E-state index is 0.138. The van der Waals surface area contributed by atoms with Gasteiger partial charge < -0.3 is 10.4 Å². The summed E-state index contributed by atoms with van der Waals surface area (Å²) in [5, 5.41) is 15.3. The molecule has 0 aliphatic heterocycles. The van der Waals surface area contributed by atoms with Crippen LogP contribution in [0.5, 0.6) is 5.75 Å². The Morgan fingerprint density at radius 3 is 2.41 bits per heavy atom. The van der Waals surface area contributed by atoms with Crippen LogP contribution >= 0.6 is 0 Å². The number of hydrogen-bond acceptors (Lipinski definition) is 4. The molecule has 0 saturated carbocycles. The highest BCUT2D eigenvalue weighted by atomic mass is 16.3. The van der Waals surface area contributed by atoms with E-state index in [0.29, 0.717) is 11.3 Å². The molecular weight excluding hydrogens is 282 g/mol. The molecule has 2 aromatic carbocycles. The lowest BCUT2D eigenvalue weighted by molar-refractivity contribution is -0.136. The van der Waals surface area contributed by atoms with E-state index in [1.54, 1.807) is 24.3 Å². The molecular formula is C16H15N3O3. The SMILES string of the molecule is Cc1ccccc1NC(=O)C(=O)N/N=C\c1ccc(O)cc1. The van der Waals surface area contributed by atoms with Crippen LogP contribution in [0.25, 0.3) is 0 Å². The molecule has 0 aliphatic carbocycles. The van der Waals surface area contributed by atoms with Crippen LogP contribution in [0.15, 0.2) is 53.6 Å². The molecule has 2 aromatic rings. The number of hydrogen-bond donors (Lipinski definition) is 3. The molecule has 2 rings (SSSR count). The highest BCUT2D eigenvalue weighted by Crippen LogP contribution is 2.12. The van der Waals surface area contributed by atoms with Gasteiger partial charge in [-0.25, -0.2) is 5.43 Å². The molecule has 0 atom stereocenters. The van der Waals surface area contributed by atoms with Crippen molar-refractivity contribution in [1.82, 2.24) is 5.43 Å². The van der Waals surface area contributed by atoms with Crippen molar-refractivity contribution in [2.24, 2.45) is 5.10 Å². The van der Waals surface area contributed by atoms with E-state index < -0.39 is 11.8 Å². The van der Waals surface area contributed by atoms with Crippen LogP contribution in [0.3, 0.4) is 0 Å². The number of phenols is 1. The van der Waals surface area contributed by atoms with Gasteiger partial charge in [0.15, 0.2) is 0 Å². The average molecular weight is 297 g/mol. The third-order valence-corrected chi connectivity index (χ3v) is 2.87. The van der Waals surface area contributed by atoms with E-state index in [0.717, 1.165) is 5.56 Å². The Kier molecular flexibility index (Phi) is 4.87. The number of nitrogens with zero attached hydrogens (tertiary/aromatic N) is 1. The Hall–Kier alpha value is -3.15. The number of carbonyl (C=O) groups is 2. The number of phenolic OH excluding ortho intramolecular Hbond substituents is 1. The molecule has 6 heteroatoms. The second kappa shape index (κ2) is 7.03. The van der Waals surface area contributed by atoms with E-state index in [1.807, 2.05) is 19.1 Å². The van der Waals surface area contributed by atoms with Gasteiger partial charge in [-0.3, -0.25) is 9.59 Å². The first kappa shape index (κ1) is 15.2. The Bertz CT molecular complexity index is 709. The molecule has 2 amide bonds. The van der Waals surface area contributed by atoms with Crippen molar-refractivity contribution in [1.29, 1.82) is 0 Å². The van der Waals surface area contributed by atoms with Gasteiger partial charge in [0.05, 0.1) is 6.21 Å². The molecule has 0 bridgehead atoms. The Morgan fingerprint density at radius 2 is 1.73 bits per heavy atom. The molecule has 0 aromatic heterocycles. The number of benzene rings is 2. The van der Waals surface area contributed by atoms with Crippen LogP contribution in [0.2, 0.25) is 0 Å². The van der Waals surface area contributed by atoms with Gasteiger partial charge >= 0.3 is 11.8 Å². The minimum Gasteiger partial charge on any atom is -0.508 e. The summed E-state index contributed by atoms with van der Waals surface area (Å²) < 4.78 is 0. The third kappa shape index (κ3) is 4.17. The van der Waals surface area contributed by atoms with Crippen LogP contribution < -0.4 is 10.7 Å². The molecule has 0 unspecified atom stereocenters. The molecule has 22 heavy (non-hydrogen) atoms. The summed E-state index contributed by atoms with van der Waals surface area (Å²) in [4.78, 5) is 23.3. The van der Waals surface area contributed by atoms with Gasteiger partial charge in [0.1, 0.15) is 5.75 Å². The predicted molar refractivity (Wildman–Crippen MR) is 83.7 cm³/mol. The quantitative estimate of drug-likeness (QED) is 0.458. The number of aromatic hydroxyl groups is 1. The first-order chi connectivity index (χ1) is 10.6. The normalized spacial score (nSPS) is 10.4. The van der Waals surface area contributed by atoms with Gasteiger partial charge in [-0.15, -0.1) is 0 Å². The van der Waals surface area contributed by atoms with Crippen molar-refractivity contribution in [3.63, 3.8) is 0 Å². The number of aryl methyl sites for hydroxylation is 1. The minimum atomic E-state index is -0.863. The molecule has 3 N–H and O–H groups in total. The van der Waals surface area contributed by atoms with E-state index in [-0.39, 0.29) is 5.75 Å². The molecule has 0 radical (unpaired) electrons. The van der Waals surface area contributed by atoms with Crippen molar-refractivity contribution in [3.8, 4) is 5.75 Å². The fraction of sp³-hybridized carbons (Fsp3) is 0.0625. The van der Waals surface area contributed by atoms with E-state index >= 15 is 0 Å². The van der Waals surface area contributed by atoms with E-state index in [2.05, 4.69) is 15.8 Å². The maximum absolute atomic E-state index is 11.7. The van der Waals surface area contributed by atoms with Gasteiger partial charge in [-0.2, -0.15) is 5.10 Å². The van der Waals surface area contributed by atoms with E-state index in [1.165, 1.54) is 18.3 Å². The van der Waals surface area contributed by atoms with Crippen LogP contribution in [-0.4, -0.2) is 23.1 Å². The van der Waals surface area contributed by atoms with Gasteiger partial charge in [0, 0.05) is 5.69 Å². The molecule has 0 fully saturated rings. The Morgan fingerprint density at radius 1 is 1.05 bits per heavy atom. The molecule has 0 saturated heterocycles. The number of carbonyl (C=O) groups excluding carboxylic acids is 2. The second-order valence-corrected chi connectivity index (χ2v) is 4.56. The monoisotopic (exact) mass is 297 g/mol. The lowest BCUT2D eigenvalue weighted by Crippen LogP contribution is -2.32. The number of hydrazone groups is 1. The lowest BCUT2D eigenvalue weighted by atomic mass is 10.2. The van der Waals surface area contributed by atoms with Crippen molar-refractivity contribution in [2.45, 2.75) is 6.92 Å². The molecule has 0 spiro atoms. The van der Waals surface area contributed by atoms with E-state index in [9.17, 15) is 9.59 Å². The standard InChI is InChI=1S/C16H15N3O3/c1-11-4-2-3-5-14(11)18-15(21)16(22)19-17-10-12-6-8-13(20)9-7-12/h2-10,20H,1H3,(H,18,21)(H,19,22)/b17-10-. The summed E-state index contributed by atoms with van der Waals surface area (Å²) in [5.74, 6) is -1.52. The number of amides is 2. The van der Waals surface area contributed by atoms with E-state index in [4.69, 9.17) is 5.11 Å². The molecule has 0 heterocycles. The summed E-state index contributed by atoms with van der Waals surface area (Å²) in [7, 11) is 0. The van der Waals surface area contributed by atoms with Crippen LogP contribution in [0.4, 0.5) is 5.69 Å². The summed E-state index contributed by atoms with van der Waals surface area (Å²) in [6, 6.07) is 13.4. The van der Waals surface area contributed by atoms with Crippen LogP contribution in [0, 0.1) is 6.92 Å². The summed E-state index contributed by atoms with van der Waals surface area (Å²) in [6.07, 6.45) is 1.37. The second-order valence-electron chi connectivity index (χ2n) is 4.56.